The summed E-state index contributed by atoms with van der Waals surface area (Å²) >= 11 is 6.08. The zero-order chi connectivity index (χ0) is 14.8. The van der Waals surface area contributed by atoms with Gasteiger partial charge < -0.3 is 14.2 Å². The third-order valence-corrected chi connectivity index (χ3v) is 4.53. The first-order chi connectivity index (χ1) is 10.2. The molecule has 0 saturated carbocycles. The molecule has 1 atom stereocenters. The Hall–Kier alpha value is -1.33. The van der Waals surface area contributed by atoms with Gasteiger partial charge in [-0.1, -0.05) is 6.42 Å². The van der Waals surface area contributed by atoms with Crippen LogP contribution in [0.15, 0.2) is 12.1 Å². The number of hydrogen-bond donors (Lipinski definition) is 0. The average molecular weight is 309 g/mol. The second-order valence-electron chi connectivity index (χ2n) is 5.60. The minimum absolute atomic E-state index is 0.398. The molecule has 0 spiro atoms. The number of nitrogens with zero attached hydrogens (tertiary/aromatic N) is 4. The summed E-state index contributed by atoms with van der Waals surface area (Å²) in [7, 11) is 3.82. The molecule has 0 aliphatic carbocycles. The number of imidazole rings is 1. The van der Waals surface area contributed by atoms with Crippen LogP contribution in [0, 0.1) is 0 Å². The van der Waals surface area contributed by atoms with Crippen LogP contribution in [0.2, 0.25) is 0 Å². The predicted octanol–water partition coefficient (Wildman–Crippen LogP) is 2.66. The van der Waals surface area contributed by atoms with Gasteiger partial charge >= 0.3 is 0 Å². The first-order valence-corrected chi connectivity index (χ1v) is 7.92. The number of hydrogen-bond acceptors (Lipinski definition) is 4. The Morgan fingerprint density at radius 1 is 1.33 bits per heavy atom. The lowest BCUT2D eigenvalue weighted by atomic mass is 10.0. The normalized spacial score (nSPS) is 20.0. The van der Waals surface area contributed by atoms with E-state index in [-0.39, 0.29) is 0 Å². The molecule has 0 amide bonds. The van der Waals surface area contributed by atoms with Crippen molar-refractivity contribution in [3.63, 3.8) is 0 Å². The second kappa shape index (κ2) is 6.20. The van der Waals surface area contributed by atoms with E-state index in [2.05, 4.69) is 26.5 Å². The first-order valence-electron chi connectivity index (χ1n) is 7.39. The lowest BCUT2D eigenvalue weighted by Crippen LogP contribution is -2.39. The number of pyridine rings is 1. The largest absolute Gasteiger partial charge is 0.481 e. The van der Waals surface area contributed by atoms with Crippen molar-refractivity contribution in [3.8, 4) is 5.88 Å². The van der Waals surface area contributed by atoms with Crippen molar-refractivity contribution in [3.05, 3.63) is 18.0 Å². The molecule has 1 saturated heterocycles. The SMILES string of the molecule is COc1ccc2nc(CCl)n(CC3CCCCN3C)c2n1. The van der Waals surface area contributed by atoms with E-state index in [1.165, 1.54) is 19.3 Å². The monoisotopic (exact) mass is 308 g/mol. The van der Waals surface area contributed by atoms with Crippen LogP contribution in [-0.4, -0.2) is 46.2 Å². The quantitative estimate of drug-likeness (QED) is 0.815. The Bertz CT molecular complexity index is 627. The van der Waals surface area contributed by atoms with Crippen molar-refractivity contribution in [2.75, 3.05) is 20.7 Å². The predicted molar refractivity (Wildman–Crippen MR) is 83.9 cm³/mol. The van der Waals surface area contributed by atoms with E-state index >= 15 is 0 Å². The zero-order valence-corrected chi connectivity index (χ0v) is 13.3. The summed E-state index contributed by atoms with van der Waals surface area (Å²) in [5, 5.41) is 0. The maximum atomic E-state index is 6.08. The molecule has 0 radical (unpaired) electrons. The standard InChI is InChI=1S/C15H21ClN4O/c1-19-8-4-3-5-11(19)10-20-13(9-16)17-12-6-7-14(21-2)18-15(12)20/h6-7,11H,3-5,8-10H2,1-2H3. The molecule has 1 aliphatic heterocycles. The highest BCUT2D eigenvalue weighted by atomic mass is 35.5. The molecule has 2 aromatic heterocycles. The van der Waals surface area contributed by atoms with E-state index in [4.69, 9.17) is 16.3 Å². The van der Waals surface area contributed by atoms with Crippen molar-refractivity contribution in [1.29, 1.82) is 0 Å². The number of halogens is 1. The third-order valence-electron chi connectivity index (χ3n) is 4.29. The van der Waals surface area contributed by atoms with Gasteiger partial charge in [0.05, 0.1) is 13.0 Å². The van der Waals surface area contributed by atoms with Crippen LogP contribution < -0.4 is 4.74 Å². The van der Waals surface area contributed by atoms with Gasteiger partial charge in [0.2, 0.25) is 5.88 Å². The molecule has 1 unspecified atom stereocenters. The summed E-state index contributed by atoms with van der Waals surface area (Å²) < 4.78 is 7.39. The Morgan fingerprint density at radius 3 is 2.90 bits per heavy atom. The number of alkyl halides is 1. The first kappa shape index (κ1) is 14.6. The van der Waals surface area contributed by atoms with E-state index in [0.717, 1.165) is 30.1 Å². The van der Waals surface area contributed by atoms with Crippen molar-refractivity contribution in [1.82, 2.24) is 19.4 Å². The molecule has 5 nitrogen and oxygen atoms in total. The molecule has 2 aromatic rings. The molecule has 3 rings (SSSR count). The average Bonchev–Trinajstić information content (AvgIpc) is 2.86. The van der Waals surface area contributed by atoms with Crippen LogP contribution in [0.25, 0.3) is 11.2 Å². The zero-order valence-electron chi connectivity index (χ0n) is 12.5. The van der Waals surface area contributed by atoms with E-state index in [9.17, 15) is 0 Å². The summed E-state index contributed by atoms with van der Waals surface area (Å²) in [5.41, 5.74) is 1.74. The van der Waals surface area contributed by atoms with Gasteiger partial charge in [-0.05, 0) is 32.5 Å². The van der Waals surface area contributed by atoms with E-state index in [1.54, 1.807) is 7.11 Å². The molecular formula is C15H21ClN4O. The summed E-state index contributed by atoms with van der Waals surface area (Å²) in [4.78, 5) is 11.6. The maximum Gasteiger partial charge on any atom is 0.215 e. The van der Waals surface area contributed by atoms with E-state index in [0.29, 0.717) is 17.8 Å². The number of ether oxygens (including phenoxy) is 1. The molecule has 0 bridgehead atoms. The maximum absolute atomic E-state index is 6.08. The van der Waals surface area contributed by atoms with Crippen LogP contribution in [0.1, 0.15) is 25.1 Å². The number of likely N-dealkylation sites (tertiary alicyclic amines) is 1. The van der Waals surface area contributed by atoms with Gasteiger partial charge in [0, 0.05) is 18.7 Å². The van der Waals surface area contributed by atoms with Gasteiger partial charge in [-0.3, -0.25) is 0 Å². The fourth-order valence-corrected chi connectivity index (χ4v) is 3.23. The molecule has 1 fully saturated rings. The number of fused-ring (bicyclic) bond motifs is 1. The third kappa shape index (κ3) is 2.85. The topological polar surface area (TPSA) is 43.2 Å². The molecule has 0 aromatic carbocycles. The number of methoxy groups -OCH3 is 1. The van der Waals surface area contributed by atoms with Crippen molar-refractivity contribution >= 4 is 22.8 Å². The van der Waals surface area contributed by atoms with Gasteiger partial charge in [0.15, 0.2) is 5.65 Å². The molecule has 6 heteroatoms. The highest BCUT2D eigenvalue weighted by molar-refractivity contribution is 6.16. The molecule has 1 aliphatic rings. The highest BCUT2D eigenvalue weighted by Crippen LogP contribution is 2.23. The summed E-state index contributed by atoms with van der Waals surface area (Å²) in [6.07, 6.45) is 3.78. The van der Waals surface area contributed by atoms with Crippen LogP contribution >= 0.6 is 11.6 Å². The Balaban J connectivity index is 1.98. The van der Waals surface area contributed by atoms with Crippen LogP contribution in [0.5, 0.6) is 5.88 Å². The number of piperidine rings is 1. The fraction of sp³-hybridized carbons (Fsp3) is 0.600. The lowest BCUT2D eigenvalue weighted by Gasteiger charge is -2.33. The molecular weight excluding hydrogens is 288 g/mol. The van der Waals surface area contributed by atoms with Crippen molar-refractivity contribution in [2.24, 2.45) is 0 Å². The second-order valence-corrected chi connectivity index (χ2v) is 5.87. The Labute approximate surface area is 129 Å². The summed E-state index contributed by atoms with van der Waals surface area (Å²) in [6.45, 7) is 2.04. The number of likely N-dealkylation sites (N-methyl/N-ethyl adjacent to an activating group) is 1. The summed E-state index contributed by atoms with van der Waals surface area (Å²) in [6, 6.07) is 4.30. The molecule has 3 heterocycles. The van der Waals surface area contributed by atoms with Gasteiger partial charge in [-0.25, -0.2) is 4.98 Å². The van der Waals surface area contributed by atoms with Gasteiger partial charge in [-0.15, -0.1) is 11.6 Å². The molecule has 0 N–H and O–H groups in total. The number of rotatable bonds is 4. The van der Waals surface area contributed by atoms with Gasteiger partial charge in [0.25, 0.3) is 0 Å². The molecule has 114 valence electrons. The fourth-order valence-electron chi connectivity index (χ4n) is 3.02. The summed E-state index contributed by atoms with van der Waals surface area (Å²) in [5.74, 6) is 1.89. The Kier molecular flexibility index (Phi) is 4.31. The van der Waals surface area contributed by atoms with Crippen LogP contribution in [-0.2, 0) is 12.4 Å². The minimum Gasteiger partial charge on any atom is -0.481 e. The van der Waals surface area contributed by atoms with Gasteiger partial charge in [-0.2, -0.15) is 4.98 Å². The van der Waals surface area contributed by atoms with Gasteiger partial charge in [0.1, 0.15) is 11.3 Å². The highest BCUT2D eigenvalue weighted by Gasteiger charge is 2.22. The van der Waals surface area contributed by atoms with Crippen LogP contribution in [0.3, 0.4) is 0 Å². The van der Waals surface area contributed by atoms with Crippen molar-refractivity contribution in [2.45, 2.75) is 37.7 Å². The smallest absolute Gasteiger partial charge is 0.215 e. The Morgan fingerprint density at radius 2 is 2.19 bits per heavy atom. The van der Waals surface area contributed by atoms with Crippen LogP contribution in [0.4, 0.5) is 0 Å². The van der Waals surface area contributed by atoms with E-state index in [1.807, 2.05) is 12.1 Å². The number of aromatic nitrogens is 3. The van der Waals surface area contributed by atoms with Crippen molar-refractivity contribution < 1.29 is 4.74 Å². The lowest BCUT2D eigenvalue weighted by molar-refractivity contribution is 0.167. The molecule has 21 heavy (non-hydrogen) atoms. The minimum atomic E-state index is 0.398. The van der Waals surface area contributed by atoms with E-state index < -0.39 is 0 Å².